The zero-order valence-corrected chi connectivity index (χ0v) is 11.7. The Morgan fingerprint density at radius 3 is 2.75 bits per heavy atom. The van der Waals surface area contributed by atoms with E-state index in [0.29, 0.717) is 32.0 Å². The second-order valence-electron chi connectivity index (χ2n) is 4.78. The fourth-order valence-corrected chi connectivity index (χ4v) is 2.37. The van der Waals surface area contributed by atoms with Gasteiger partial charge in [-0.05, 0) is 30.7 Å². The molecule has 1 saturated heterocycles. The van der Waals surface area contributed by atoms with Crippen LogP contribution in [0, 0.1) is 0 Å². The van der Waals surface area contributed by atoms with Gasteiger partial charge in [-0.1, -0.05) is 0 Å². The third-order valence-electron chi connectivity index (χ3n) is 3.47. The van der Waals surface area contributed by atoms with Crippen LogP contribution in [0.25, 0.3) is 0 Å². The molecule has 1 aromatic carbocycles. The number of nitrogens with two attached hydrogens (primary N) is 1. The van der Waals surface area contributed by atoms with Gasteiger partial charge >= 0.3 is 6.09 Å². The summed E-state index contributed by atoms with van der Waals surface area (Å²) in [5.74, 6) is 0. The van der Waals surface area contributed by atoms with E-state index in [4.69, 9.17) is 15.6 Å². The van der Waals surface area contributed by atoms with Crippen molar-refractivity contribution in [3.8, 4) is 0 Å². The first kappa shape index (κ1) is 14.5. The summed E-state index contributed by atoms with van der Waals surface area (Å²) in [6.45, 7) is 5.65. The number of ether oxygens (including phenoxy) is 1. The lowest BCUT2D eigenvalue weighted by Gasteiger charge is -2.31. The molecule has 1 fully saturated rings. The number of amides is 1. The summed E-state index contributed by atoms with van der Waals surface area (Å²) in [5.41, 5.74) is 8.48. The summed E-state index contributed by atoms with van der Waals surface area (Å²) in [7, 11) is 0. The Hall–Kier alpha value is -1.95. The van der Waals surface area contributed by atoms with Crippen LogP contribution in [0.2, 0.25) is 0 Å². The van der Waals surface area contributed by atoms with Crippen LogP contribution >= 0.6 is 0 Å². The van der Waals surface area contributed by atoms with E-state index in [1.54, 1.807) is 0 Å². The Labute approximate surface area is 118 Å². The first-order valence-electron chi connectivity index (χ1n) is 6.80. The summed E-state index contributed by atoms with van der Waals surface area (Å²) >= 11 is 0. The fraction of sp³-hybridized carbons (Fsp3) is 0.500. The molecule has 20 heavy (non-hydrogen) atoms. The summed E-state index contributed by atoms with van der Waals surface area (Å²) in [4.78, 5) is 14.8. The molecule has 0 spiro atoms. The van der Waals surface area contributed by atoms with Crippen molar-refractivity contribution < 1.29 is 14.6 Å². The van der Waals surface area contributed by atoms with Gasteiger partial charge in [0.05, 0.1) is 19.8 Å². The number of nitrogens with zero attached hydrogens (tertiary/aromatic N) is 2. The highest BCUT2D eigenvalue weighted by atomic mass is 16.5. The van der Waals surface area contributed by atoms with Gasteiger partial charge in [-0.2, -0.15) is 0 Å². The van der Waals surface area contributed by atoms with Crippen molar-refractivity contribution in [3.05, 3.63) is 23.8 Å². The van der Waals surface area contributed by atoms with Gasteiger partial charge < -0.3 is 25.4 Å². The molecule has 6 nitrogen and oxygen atoms in total. The maximum absolute atomic E-state index is 11.2. The second kappa shape index (κ2) is 6.47. The predicted octanol–water partition coefficient (Wildman–Crippen LogP) is 1.61. The summed E-state index contributed by atoms with van der Waals surface area (Å²) in [6, 6.07) is 5.67. The van der Waals surface area contributed by atoms with Gasteiger partial charge in [0, 0.05) is 31.0 Å². The first-order valence-corrected chi connectivity index (χ1v) is 6.80. The maximum Gasteiger partial charge on any atom is 0.407 e. The zero-order chi connectivity index (χ0) is 14.5. The number of benzene rings is 1. The van der Waals surface area contributed by atoms with Crippen molar-refractivity contribution in [2.24, 2.45) is 0 Å². The molecule has 3 N–H and O–H groups in total. The molecule has 2 rings (SSSR count). The average Bonchev–Trinajstić information content (AvgIpc) is 2.45. The Kier molecular flexibility index (Phi) is 4.68. The molecule has 110 valence electrons. The van der Waals surface area contributed by atoms with E-state index in [9.17, 15) is 4.79 Å². The number of hydrogen-bond acceptors (Lipinski definition) is 4. The molecule has 1 aromatic rings. The monoisotopic (exact) mass is 279 g/mol. The molecular formula is C14H21N3O3. The first-order chi connectivity index (χ1) is 9.61. The van der Waals surface area contributed by atoms with E-state index in [2.05, 4.69) is 4.90 Å². The lowest BCUT2D eigenvalue weighted by atomic mass is 10.1. The Balaban J connectivity index is 2.25. The number of anilines is 2. The third kappa shape index (κ3) is 3.33. The van der Waals surface area contributed by atoms with Crippen LogP contribution in [0.5, 0.6) is 0 Å². The molecule has 0 bridgehead atoms. The molecule has 0 aliphatic carbocycles. The van der Waals surface area contributed by atoms with Crippen molar-refractivity contribution in [1.82, 2.24) is 4.90 Å². The Morgan fingerprint density at radius 1 is 1.45 bits per heavy atom. The van der Waals surface area contributed by atoms with E-state index in [1.807, 2.05) is 25.1 Å². The van der Waals surface area contributed by atoms with Gasteiger partial charge in [0.2, 0.25) is 0 Å². The van der Waals surface area contributed by atoms with Crippen LogP contribution in [0.4, 0.5) is 16.2 Å². The highest BCUT2D eigenvalue weighted by molar-refractivity contribution is 5.66. The van der Waals surface area contributed by atoms with Crippen LogP contribution in [0.3, 0.4) is 0 Å². The topological polar surface area (TPSA) is 79.0 Å². The summed E-state index contributed by atoms with van der Waals surface area (Å²) in [5, 5.41) is 9.17. The van der Waals surface area contributed by atoms with Gasteiger partial charge in [-0.25, -0.2) is 4.79 Å². The molecule has 0 saturated carbocycles. The minimum Gasteiger partial charge on any atom is -0.465 e. The SMILES string of the molecule is CCN(Cc1cc(N)ccc1N1CCOCC1)C(=O)O. The molecule has 1 amide bonds. The zero-order valence-electron chi connectivity index (χ0n) is 11.7. The van der Waals surface area contributed by atoms with Gasteiger partial charge in [-0.3, -0.25) is 0 Å². The molecule has 1 aliphatic rings. The van der Waals surface area contributed by atoms with Crippen molar-refractivity contribution in [3.63, 3.8) is 0 Å². The molecule has 1 heterocycles. The summed E-state index contributed by atoms with van der Waals surface area (Å²) < 4.78 is 5.35. The number of morpholine rings is 1. The second-order valence-corrected chi connectivity index (χ2v) is 4.78. The minimum absolute atomic E-state index is 0.351. The normalized spacial score (nSPS) is 15.2. The van der Waals surface area contributed by atoms with Crippen LogP contribution < -0.4 is 10.6 Å². The Morgan fingerprint density at radius 2 is 2.15 bits per heavy atom. The van der Waals surface area contributed by atoms with E-state index >= 15 is 0 Å². The lowest BCUT2D eigenvalue weighted by molar-refractivity contribution is 0.122. The van der Waals surface area contributed by atoms with E-state index in [1.165, 1.54) is 4.90 Å². The van der Waals surface area contributed by atoms with E-state index < -0.39 is 6.09 Å². The molecule has 0 radical (unpaired) electrons. The van der Waals surface area contributed by atoms with E-state index in [0.717, 1.165) is 24.3 Å². The number of carbonyl (C=O) groups is 1. The molecule has 0 atom stereocenters. The van der Waals surface area contributed by atoms with Gasteiger partial charge in [-0.15, -0.1) is 0 Å². The highest BCUT2D eigenvalue weighted by Crippen LogP contribution is 2.25. The van der Waals surface area contributed by atoms with Crippen molar-refractivity contribution in [1.29, 1.82) is 0 Å². The Bertz CT molecular complexity index is 473. The number of nitrogen functional groups attached to an aromatic ring is 1. The molecule has 1 aliphatic heterocycles. The quantitative estimate of drug-likeness (QED) is 0.819. The highest BCUT2D eigenvalue weighted by Gasteiger charge is 2.18. The van der Waals surface area contributed by atoms with Crippen molar-refractivity contribution in [2.75, 3.05) is 43.5 Å². The van der Waals surface area contributed by atoms with Crippen LogP contribution in [0.15, 0.2) is 18.2 Å². The number of carboxylic acid groups (broad SMARTS) is 1. The minimum atomic E-state index is -0.914. The van der Waals surface area contributed by atoms with E-state index in [-0.39, 0.29) is 0 Å². The van der Waals surface area contributed by atoms with Crippen LogP contribution in [-0.2, 0) is 11.3 Å². The smallest absolute Gasteiger partial charge is 0.407 e. The largest absolute Gasteiger partial charge is 0.465 e. The van der Waals surface area contributed by atoms with Gasteiger partial charge in [0.1, 0.15) is 0 Å². The maximum atomic E-state index is 11.2. The standard InChI is InChI=1S/C14H21N3O3/c1-2-16(14(18)19)10-11-9-12(15)3-4-13(11)17-5-7-20-8-6-17/h3-4,9H,2,5-8,10,15H2,1H3,(H,18,19). The molecule has 6 heteroatoms. The van der Waals surface area contributed by atoms with Gasteiger partial charge in [0.25, 0.3) is 0 Å². The third-order valence-corrected chi connectivity index (χ3v) is 3.47. The number of hydrogen-bond donors (Lipinski definition) is 2. The average molecular weight is 279 g/mol. The van der Waals surface area contributed by atoms with Gasteiger partial charge in [0.15, 0.2) is 0 Å². The number of rotatable bonds is 4. The fourth-order valence-electron chi connectivity index (χ4n) is 2.37. The lowest BCUT2D eigenvalue weighted by Crippen LogP contribution is -2.37. The molecule has 0 aromatic heterocycles. The van der Waals surface area contributed by atoms with Crippen molar-refractivity contribution >= 4 is 17.5 Å². The molecule has 0 unspecified atom stereocenters. The van der Waals surface area contributed by atoms with Crippen LogP contribution in [-0.4, -0.2) is 48.9 Å². The summed E-state index contributed by atoms with van der Waals surface area (Å²) in [6.07, 6.45) is -0.914. The molecular weight excluding hydrogens is 258 g/mol. The van der Waals surface area contributed by atoms with Crippen molar-refractivity contribution in [2.45, 2.75) is 13.5 Å². The van der Waals surface area contributed by atoms with Crippen LogP contribution in [0.1, 0.15) is 12.5 Å². The predicted molar refractivity (Wildman–Crippen MR) is 78.0 cm³/mol.